The first kappa shape index (κ1) is 16.4. The molecular weight excluding hydrogens is 240 g/mol. The monoisotopic (exact) mass is 270 g/mol. The van der Waals surface area contributed by atoms with Crippen molar-refractivity contribution in [3.8, 4) is 0 Å². The van der Waals surface area contributed by atoms with Crippen molar-refractivity contribution in [1.82, 2.24) is 10.2 Å². The molecular formula is C15H30N2O2. The Labute approximate surface area is 117 Å². The van der Waals surface area contributed by atoms with Crippen LogP contribution >= 0.6 is 0 Å². The smallest absolute Gasteiger partial charge is 0.325 e. The highest BCUT2D eigenvalue weighted by molar-refractivity contribution is 5.80. The third-order valence-electron chi connectivity index (χ3n) is 4.21. The van der Waals surface area contributed by atoms with Crippen molar-refractivity contribution in [1.29, 1.82) is 0 Å². The van der Waals surface area contributed by atoms with Crippen molar-refractivity contribution in [3.05, 3.63) is 0 Å². The first-order chi connectivity index (χ1) is 8.83. The average molecular weight is 270 g/mol. The lowest BCUT2D eigenvalue weighted by molar-refractivity contribution is -0.147. The lowest BCUT2D eigenvalue weighted by atomic mass is 9.91. The standard InChI is InChI=1S/C15H30N2O2/c1-6-16-15(14(18)19,13-7-8-13)10-17(5)12(4)9-11(2)3/h11-13,16H,6-10H2,1-5H3,(H,18,19). The maximum atomic E-state index is 11.8. The first-order valence-corrected chi connectivity index (χ1v) is 7.52. The van der Waals surface area contributed by atoms with Crippen LogP contribution in [0.25, 0.3) is 0 Å². The zero-order valence-electron chi connectivity index (χ0n) is 13.1. The molecule has 112 valence electrons. The molecule has 1 aliphatic carbocycles. The Bertz CT molecular complexity index is 303. The number of nitrogens with one attached hydrogen (secondary N) is 1. The average Bonchev–Trinajstić information content (AvgIpc) is 3.10. The Morgan fingerprint density at radius 3 is 2.37 bits per heavy atom. The largest absolute Gasteiger partial charge is 0.480 e. The van der Waals surface area contributed by atoms with Crippen LogP contribution in [0.4, 0.5) is 0 Å². The van der Waals surface area contributed by atoms with Gasteiger partial charge in [0.25, 0.3) is 0 Å². The summed E-state index contributed by atoms with van der Waals surface area (Å²) in [6.07, 6.45) is 3.17. The maximum Gasteiger partial charge on any atom is 0.325 e. The third kappa shape index (κ3) is 4.18. The normalized spacial score (nSPS) is 20.6. The van der Waals surface area contributed by atoms with Gasteiger partial charge in [0.15, 0.2) is 0 Å². The highest BCUT2D eigenvalue weighted by Crippen LogP contribution is 2.40. The van der Waals surface area contributed by atoms with E-state index < -0.39 is 11.5 Å². The third-order valence-corrected chi connectivity index (χ3v) is 4.21. The van der Waals surface area contributed by atoms with E-state index >= 15 is 0 Å². The summed E-state index contributed by atoms with van der Waals surface area (Å²) in [6, 6.07) is 0.413. The molecule has 1 rings (SSSR count). The quantitative estimate of drug-likeness (QED) is 0.674. The molecule has 4 heteroatoms. The van der Waals surface area contributed by atoms with Gasteiger partial charge in [0.2, 0.25) is 0 Å². The van der Waals surface area contributed by atoms with Crippen molar-refractivity contribution in [3.63, 3.8) is 0 Å². The van der Waals surface area contributed by atoms with Crippen LogP contribution in [0.2, 0.25) is 0 Å². The number of aliphatic carboxylic acids is 1. The summed E-state index contributed by atoms with van der Waals surface area (Å²) >= 11 is 0. The Hall–Kier alpha value is -0.610. The zero-order chi connectivity index (χ0) is 14.6. The second kappa shape index (κ2) is 6.71. The van der Waals surface area contributed by atoms with Gasteiger partial charge in [-0.05, 0) is 51.6 Å². The lowest BCUT2D eigenvalue weighted by Gasteiger charge is -2.37. The van der Waals surface area contributed by atoms with Crippen LogP contribution in [0.5, 0.6) is 0 Å². The zero-order valence-corrected chi connectivity index (χ0v) is 13.1. The molecule has 0 saturated heterocycles. The molecule has 0 aliphatic heterocycles. The molecule has 2 N–H and O–H groups in total. The summed E-state index contributed by atoms with van der Waals surface area (Å²) in [5, 5.41) is 12.9. The van der Waals surface area contributed by atoms with Gasteiger partial charge in [0, 0.05) is 12.6 Å². The number of likely N-dealkylation sites (N-methyl/N-ethyl adjacent to an activating group) is 2. The van der Waals surface area contributed by atoms with Crippen molar-refractivity contribution in [2.45, 2.75) is 58.5 Å². The van der Waals surface area contributed by atoms with E-state index in [4.69, 9.17) is 0 Å². The predicted molar refractivity (Wildman–Crippen MR) is 78.3 cm³/mol. The van der Waals surface area contributed by atoms with E-state index in [2.05, 4.69) is 31.0 Å². The summed E-state index contributed by atoms with van der Waals surface area (Å²) < 4.78 is 0. The molecule has 0 aromatic rings. The SMILES string of the molecule is CCNC(CN(C)C(C)CC(C)C)(C(=O)O)C1CC1. The van der Waals surface area contributed by atoms with Gasteiger partial charge < -0.3 is 15.3 Å². The topological polar surface area (TPSA) is 52.6 Å². The summed E-state index contributed by atoms with van der Waals surface area (Å²) in [4.78, 5) is 14.0. The van der Waals surface area contributed by atoms with Gasteiger partial charge in [-0.1, -0.05) is 20.8 Å². The van der Waals surface area contributed by atoms with Crippen molar-refractivity contribution >= 4 is 5.97 Å². The number of carbonyl (C=O) groups is 1. The van der Waals surface area contributed by atoms with Gasteiger partial charge in [-0.25, -0.2) is 0 Å². The van der Waals surface area contributed by atoms with E-state index in [0.717, 1.165) is 19.3 Å². The fourth-order valence-electron chi connectivity index (χ4n) is 2.95. The molecule has 0 heterocycles. The van der Waals surface area contributed by atoms with Crippen LogP contribution in [-0.2, 0) is 4.79 Å². The molecule has 1 aliphatic rings. The van der Waals surface area contributed by atoms with Crippen LogP contribution in [0.1, 0.15) is 47.0 Å². The van der Waals surface area contributed by atoms with Crippen molar-refractivity contribution in [2.75, 3.05) is 20.1 Å². The van der Waals surface area contributed by atoms with Gasteiger partial charge in [-0.3, -0.25) is 4.79 Å². The van der Waals surface area contributed by atoms with E-state index in [1.54, 1.807) is 0 Å². The first-order valence-electron chi connectivity index (χ1n) is 7.52. The molecule has 0 radical (unpaired) electrons. The number of carboxylic acids is 1. The molecule has 0 spiro atoms. The Balaban J connectivity index is 2.73. The fourth-order valence-corrected chi connectivity index (χ4v) is 2.95. The molecule has 0 aromatic heterocycles. The summed E-state index contributed by atoms with van der Waals surface area (Å²) in [6.45, 7) is 9.88. The van der Waals surface area contributed by atoms with Gasteiger partial charge in [0.1, 0.15) is 5.54 Å². The fraction of sp³-hybridized carbons (Fsp3) is 0.933. The molecule has 0 amide bonds. The van der Waals surface area contributed by atoms with E-state index in [1.165, 1.54) is 0 Å². The van der Waals surface area contributed by atoms with E-state index in [-0.39, 0.29) is 0 Å². The molecule has 19 heavy (non-hydrogen) atoms. The Kier molecular flexibility index (Phi) is 5.81. The highest BCUT2D eigenvalue weighted by Gasteiger charge is 2.51. The number of hydrogen-bond donors (Lipinski definition) is 2. The molecule has 1 fully saturated rings. The molecule has 2 atom stereocenters. The van der Waals surface area contributed by atoms with E-state index in [0.29, 0.717) is 31.0 Å². The molecule has 1 saturated carbocycles. The second-order valence-corrected chi connectivity index (χ2v) is 6.47. The minimum absolute atomic E-state index is 0.290. The van der Waals surface area contributed by atoms with Crippen LogP contribution < -0.4 is 5.32 Å². The van der Waals surface area contributed by atoms with Crippen molar-refractivity contribution < 1.29 is 9.90 Å². The Morgan fingerprint density at radius 2 is 2.00 bits per heavy atom. The van der Waals surface area contributed by atoms with Crippen LogP contribution in [-0.4, -0.2) is 47.7 Å². The van der Waals surface area contributed by atoms with Crippen LogP contribution in [0.3, 0.4) is 0 Å². The summed E-state index contributed by atoms with van der Waals surface area (Å²) in [5.74, 6) is 0.232. The molecule has 0 aromatic carbocycles. The minimum Gasteiger partial charge on any atom is -0.480 e. The van der Waals surface area contributed by atoms with Gasteiger partial charge in [0.05, 0.1) is 0 Å². The lowest BCUT2D eigenvalue weighted by Crippen LogP contribution is -2.61. The van der Waals surface area contributed by atoms with E-state index in [9.17, 15) is 9.90 Å². The van der Waals surface area contributed by atoms with Gasteiger partial charge in [-0.15, -0.1) is 0 Å². The minimum atomic E-state index is -0.755. The predicted octanol–water partition coefficient (Wildman–Crippen LogP) is 2.20. The number of rotatable bonds is 9. The summed E-state index contributed by atoms with van der Waals surface area (Å²) in [7, 11) is 2.05. The number of nitrogens with zero attached hydrogens (tertiary/aromatic N) is 1. The summed E-state index contributed by atoms with van der Waals surface area (Å²) in [5.41, 5.74) is -0.755. The highest BCUT2D eigenvalue weighted by atomic mass is 16.4. The maximum absolute atomic E-state index is 11.8. The second-order valence-electron chi connectivity index (χ2n) is 6.47. The van der Waals surface area contributed by atoms with Gasteiger partial charge >= 0.3 is 5.97 Å². The number of hydrogen-bond acceptors (Lipinski definition) is 3. The van der Waals surface area contributed by atoms with Gasteiger partial charge in [-0.2, -0.15) is 0 Å². The van der Waals surface area contributed by atoms with Crippen molar-refractivity contribution in [2.24, 2.45) is 11.8 Å². The molecule has 0 bridgehead atoms. The Morgan fingerprint density at radius 1 is 1.42 bits per heavy atom. The number of carboxylic acid groups (broad SMARTS) is 1. The van der Waals surface area contributed by atoms with Crippen LogP contribution in [0.15, 0.2) is 0 Å². The van der Waals surface area contributed by atoms with E-state index in [1.807, 2.05) is 14.0 Å². The molecule has 2 unspecified atom stereocenters. The van der Waals surface area contributed by atoms with Crippen LogP contribution in [0, 0.1) is 11.8 Å². The molecule has 4 nitrogen and oxygen atoms in total.